The lowest BCUT2D eigenvalue weighted by molar-refractivity contribution is -0.138. The summed E-state index contributed by atoms with van der Waals surface area (Å²) in [5.41, 5.74) is -0.515. The minimum atomic E-state index is -3.41. The van der Waals surface area contributed by atoms with Crippen LogP contribution in [0, 0.1) is 0 Å². The van der Waals surface area contributed by atoms with E-state index in [0.29, 0.717) is 6.54 Å². The Morgan fingerprint density at radius 3 is 2.63 bits per heavy atom. The molecule has 1 amide bonds. The number of nitrogens with one attached hydrogen (secondary N) is 1. The molecule has 1 fully saturated rings. The molecular formula is C12H24N2O4S. The minimum Gasteiger partial charge on any atom is -0.394 e. The highest BCUT2D eigenvalue weighted by Gasteiger charge is 2.43. The van der Waals surface area contributed by atoms with Gasteiger partial charge in [-0.1, -0.05) is 13.3 Å². The standard InChI is InChI=1S/C12H24N2O4S/c1-4-6-12(9-15)7-5-8-14(12)11(16)10(2)13-19(3,17)18/h10,13,15H,4-9H2,1-3H3. The van der Waals surface area contributed by atoms with Crippen LogP contribution >= 0.6 is 0 Å². The van der Waals surface area contributed by atoms with Crippen LogP contribution in [0.25, 0.3) is 0 Å². The van der Waals surface area contributed by atoms with Crippen LogP contribution in [0.3, 0.4) is 0 Å². The van der Waals surface area contributed by atoms with Gasteiger partial charge >= 0.3 is 0 Å². The molecule has 1 aliphatic heterocycles. The van der Waals surface area contributed by atoms with Crippen molar-refractivity contribution in [2.75, 3.05) is 19.4 Å². The van der Waals surface area contributed by atoms with E-state index in [-0.39, 0.29) is 12.5 Å². The number of aliphatic hydroxyl groups excluding tert-OH is 1. The molecule has 0 aromatic carbocycles. The van der Waals surface area contributed by atoms with Crippen molar-refractivity contribution in [3.05, 3.63) is 0 Å². The van der Waals surface area contributed by atoms with Crippen molar-refractivity contribution >= 4 is 15.9 Å². The van der Waals surface area contributed by atoms with Crippen LogP contribution in [0.4, 0.5) is 0 Å². The van der Waals surface area contributed by atoms with Crippen molar-refractivity contribution in [3.8, 4) is 0 Å². The largest absolute Gasteiger partial charge is 0.394 e. The first kappa shape index (κ1) is 16.4. The molecule has 2 N–H and O–H groups in total. The first-order chi connectivity index (χ1) is 8.75. The van der Waals surface area contributed by atoms with Crippen LogP contribution in [-0.2, 0) is 14.8 Å². The molecule has 0 aromatic rings. The van der Waals surface area contributed by atoms with Gasteiger partial charge < -0.3 is 10.0 Å². The SMILES string of the molecule is CCCC1(CO)CCCN1C(=O)C(C)NS(C)(=O)=O. The van der Waals surface area contributed by atoms with Gasteiger partial charge in [-0.25, -0.2) is 13.1 Å². The molecule has 0 spiro atoms. The molecule has 2 atom stereocenters. The summed E-state index contributed by atoms with van der Waals surface area (Å²) in [6, 6.07) is -0.795. The number of carbonyl (C=O) groups excluding carboxylic acids is 1. The second kappa shape index (κ2) is 6.19. The van der Waals surface area contributed by atoms with Gasteiger partial charge in [0.15, 0.2) is 0 Å². The number of aliphatic hydroxyl groups is 1. The first-order valence-electron chi connectivity index (χ1n) is 6.65. The lowest BCUT2D eigenvalue weighted by Gasteiger charge is -2.38. The Balaban J connectivity index is 2.85. The Hall–Kier alpha value is -0.660. The molecule has 7 heteroatoms. The van der Waals surface area contributed by atoms with E-state index in [1.807, 2.05) is 6.92 Å². The third-order valence-corrected chi connectivity index (χ3v) is 4.42. The van der Waals surface area contributed by atoms with E-state index in [0.717, 1.165) is 31.9 Å². The maximum Gasteiger partial charge on any atom is 0.241 e. The van der Waals surface area contributed by atoms with Gasteiger partial charge in [0, 0.05) is 6.54 Å². The summed E-state index contributed by atoms with van der Waals surface area (Å²) < 4.78 is 24.7. The van der Waals surface area contributed by atoms with E-state index in [4.69, 9.17) is 0 Å². The smallest absolute Gasteiger partial charge is 0.241 e. The predicted molar refractivity (Wildman–Crippen MR) is 73.1 cm³/mol. The molecule has 0 bridgehead atoms. The fourth-order valence-corrected chi connectivity index (χ4v) is 3.60. The molecule has 0 aliphatic carbocycles. The number of likely N-dealkylation sites (tertiary alicyclic amines) is 1. The molecule has 19 heavy (non-hydrogen) atoms. The van der Waals surface area contributed by atoms with Gasteiger partial charge in [0.25, 0.3) is 0 Å². The lowest BCUT2D eigenvalue weighted by Crippen LogP contribution is -2.55. The van der Waals surface area contributed by atoms with E-state index >= 15 is 0 Å². The van der Waals surface area contributed by atoms with E-state index in [1.54, 1.807) is 4.90 Å². The van der Waals surface area contributed by atoms with Gasteiger partial charge in [-0.3, -0.25) is 4.79 Å². The Bertz CT molecular complexity index is 423. The Morgan fingerprint density at radius 1 is 1.53 bits per heavy atom. The van der Waals surface area contributed by atoms with Gasteiger partial charge in [-0.2, -0.15) is 0 Å². The molecule has 0 radical (unpaired) electrons. The molecule has 112 valence electrons. The summed E-state index contributed by atoms with van der Waals surface area (Å²) in [5, 5.41) is 9.65. The zero-order valence-electron chi connectivity index (χ0n) is 11.8. The zero-order chi connectivity index (χ0) is 14.7. The average molecular weight is 292 g/mol. The maximum atomic E-state index is 12.4. The number of carbonyl (C=O) groups is 1. The van der Waals surface area contributed by atoms with Crippen LogP contribution in [0.5, 0.6) is 0 Å². The van der Waals surface area contributed by atoms with Crippen molar-refractivity contribution in [2.45, 2.75) is 51.1 Å². The normalized spacial score (nSPS) is 25.6. The lowest BCUT2D eigenvalue weighted by atomic mass is 9.91. The van der Waals surface area contributed by atoms with Crippen molar-refractivity contribution < 1.29 is 18.3 Å². The number of hydrogen-bond donors (Lipinski definition) is 2. The Morgan fingerprint density at radius 2 is 2.16 bits per heavy atom. The number of amides is 1. The van der Waals surface area contributed by atoms with Crippen molar-refractivity contribution in [1.82, 2.24) is 9.62 Å². The highest BCUT2D eigenvalue weighted by Crippen LogP contribution is 2.33. The highest BCUT2D eigenvalue weighted by atomic mass is 32.2. The van der Waals surface area contributed by atoms with Crippen LogP contribution in [0.1, 0.15) is 39.5 Å². The summed E-state index contributed by atoms with van der Waals surface area (Å²) in [6.07, 6.45) is 4.26. The molecule has 6 nitrogen and oxygen atoms in total. The van der Waals surface area contributed by atoms with Gasteiger partial charge in [-0.15, -0.1) is 0 Å². The topological polar surface area (TPSA) is 86.7 Å². The number of rotatable bonds is 6. The summed E-state index contributed by atoms with van der Waals surface area (Å²) in [7, 11) is -3.41. The van der Waals surface area contributed by atoms with Crippen molar-refractivity contribution in [1.29, 1.82) is 0 Å². The van der Waals surface area contributed by atoms with E-state index in [1.165, 1.54) is 6.92 Å². The third kappa shape index (κ3) is 3.90. The van der Waals surface area contributed by atoms with E-state index < -0.39 is 21.6 Å². The summed E-state index contributed by atoms with van der Waals surface area (Å²) in [5.74, 6) is -0.259. The Kier molecular flexibility index (Phi) is 5.34. The number of sulfonamides is 1. The quantitative estimate of drug-likeness (QED) is 0.726. The van der Waals surface area contributed by atoms with E-state index in [9.17, 15) is 18.3 Å². The fourth-order valence-electron chi connectivity index (χ4n) is 2.86. The second-order valence-electron chi connectivity index (χ2n) is 5.34. The summed E-state index contributed by atoms with van der Waals surface area (Å²) in [4.78, 5) is 14.0. The van der Waals surface area contributed by atoms with Gasteiger partial charge in [0.2, 0.25) is 15.9 Å². The Labute approximate surface area is 115 Å². The predicted octanol–water partition coefficient (Wildman–Crippen LogP) is 0.0777. The fraction of sp³-hybridized carbons (Fsp3) is 0.917. The van der Waals surface area contributed by atoms with Gasteiger partial charge in [0.1, 0.15) is 0 Å². The molecule has 2 unspecified atom stereocenters. The van der Waals surface area contributed by atoms with Crippen molar-refractivity contribution in [3.63, 3.8) is 0 Å². The second-order valence-corrected chi connectivity index (χ2v) is 7.12. The van der Waals surface area contributed by atoms with Gasteiger partial charge in [-0.05, 0) is 26.2 Å². The highest BCUT2D eigenvalue weighted by molar-refractivity contribution is 7.88. The molecular weight excluding hydrogens is 268 g/mol. The average Bonchev–Trinajstić information content (AvgIpc) is 2.70. The van der Waals surface area contributed by atoms with Crippen molar-refractivity contribution in [2.24, 2.45) is 0 Å². The van der Waals surface area contributed by atoms with Crippen LogP contribution < -0.4 is 4.72 Å². The first-order valence-corrected chi connectivity index (χ1v) is 8.54. The molecule has 1 heterocycles. The number of nitrogens with zero attached hydrogens (tertiary/aromatic N) is 1. The van der Waals surface area contributed by atoms with E-state index in [2.05, 4.69) is 4.72 Å². The van der Waals surface area contributed by atoms with Crippen LogP contribution in [0.2, 0.25) is 0 Å². The summed E-state index contributed by atoms with van der Waals surface area (Å²) in [6.45, 7) is 4.06. The molecule has 1 rings (SSSR count). The monoisotopic (exact) mass is 292 g/mol. The van der Waals surface area contributed by atoms with Gasteiger partial charge in [0.05, 0.1) is 24.4 Å². The molecule has 1 saturated heterocycles. The third-order valence-electron chi connectivity index (χ3n) is 3.63. The van der Waals surface area contributed by atoms with Crippen LogP contribution in [0.15, 0.2) is 0 Å². The number of hydrogen-bond acceptors (Lipinski definition) is 4. The zero-order valence-corrected chi connectivity index (χ0v) is 12.7. The summed E-state index contributed by atoms with van der Waals surface area (Å²) >= 11 is 0. The molecule has 0 aromatic heterocycles. The minimum absolute atomic E-state index is 0.0713. The maximum absolute atomic E-state index is 12.4. The molecule has 1 aliphatic rings. The molecule has 0 saturated carbocycles. The van der Waals surface area contributed by atoms with Crippen LogP contribution in [-0.4, -0.2) is 55.3 Å².